The first-order valence-corrected chi connectivity index (χ1v) is 5.21. The van der Waals surface area contributed by atoms with Gasteiger partial charge in [-0.25, -0.2) is 0 Å². The summed E-state index contributed by atoms with van der Waals surface area (Å²) in [5.41, 5.74) is 0. The number of unbranched alkanes of at least 4 members (excludes halogenated alkanes) is 8. The van der Waals surface area contributed by atoms with Crippen molar-refractivity contribution in [2.75, 3.05) is 0 Å². The zero-order valence-electron chi connectivity index (χ0n) is 9.07. The molecule has 0 nitrogen and oxygen atoms in total. The van der Waals surface area contributed by atoms with Gasteiger partial charge in [0.05, 0.1) is 0 Å². The summed E-state index contributed by atoms with van der Waals surface area (Å²) < 4.78 is 0. The van der Waals surface area contributed by atoms with E-state index in [4.69, 9.17) is 0 Å². The molecule has 0 aliphatic rings. The summed E-state index contributed by atoms with van der Waals surface area (Å²) in [7, 11) is 0. The fourth-order valence-electron chi connectivity index (χ4n) is 1.31. The summed E-state index contributed by atoms with van der Waals surface area (Å²) in [6, 6.07) is 0. The van der Waals surface area contributed by atoms with E-state index >= 15 is 0 Å². The average molecular weight is 178 g/mol. The molecule has 0 saturated heterocycles. The normalized spacial score (nSPS) is 9.50. The Bertz CT molecular complexity index is 54.0. The molecule has 0 atom stereocenters. The van der Waals surface area contributed by atoms with Crippen LogP contribution < -0.4 is 29.6 Å². The first-order valence-electron chi connectivity index (χ1n) is 5.21. The molecule has 0 radical (unpaired) electrons. The van der Waals surface area contributed by atoms with Gasteiger partial charge >= 0.3 is 29.6 Å². The first kappa shape index (κ1) is 15.5. The molecule has 0 saturated carbocycles. The third-order valence-electron chi connectivity index (χ3n) is 2.10. The minimum atomic E-state index is 0. The Kier molecular flexibility index (Phi) is 18.7. The van der Waals surface area contributed by atoms with Crippen LogP contribution in [0.15, 0.2) is 0 Å². The minimum Gasteiger partial charge on any atom is -0.343 e. The van der Waals surface area contributed by atoms with Crippen LogP contribution in [0.25, 0.3) is 0 Å². The SMILES string of the molecule is [CH2-]CCCCCCCCCC.[Na+]. The van der Waals surface area contributed by atoms with Gasteiger partial charge < -0.3 is 6.92 Å². The van der Waals surface area contributed by atoms with Gasteiger partial charge in [0.25, 0.3) is 0 Å². The molecule has 0 N–H and O–H groups in total. The molecule has 68 valence electrons. The molecule has 0 aromatic heterocycles. The molecule has 0 heterocycles. The minimum absolute atomic E-state index is 0. The molecule has 0 rings (SSSR count). The van der Waals surface area contributed by atoms with Crippen molar-refractivity contribution >= 4 is 0 Å². The maximum absolute atomic E-state index is 3.83. The van der Waals surface area contributed by atoms with Crippen LogP contribution in [0.2, 0.25) is 0 Å². The monoisotopic (exact) mass is 178 g/mol. The fraction of sp³-hybridized carbons (Fsp3) is 0.909. The third-order valence-corrected chi connectivity index (χ3v) is 2.10. The zero-order valence-corrected chi connectivity index (χ0v) is 11.1. The van der Waals surface area contributed by atoms with E-state index in [9.17, 15) is 0 Å². The molecule has 0 fully saturated rings. The van der Waals surface area contributed by atoms with Crippen molar-refractivity contribution in [3.8, 4) is 0 Å². The van der Waals surface area contributed by atoms with Crippen molar-refractivity contribution in [3.05, 3.63) is 6.92 Å². The first-order chi connectivity index (χ1) is 5.41. The van der Waals surface area contributed by atoms with Crippen molar-refractivity contribution < 1.29 is 29.6 Å². The Labute approximate surface area is 101 Å². The van der Waals surface area contributed by atoms with Gasteiger partial charge in [-0.3, -0.25) is 0 Å². The van der Waals surface area contributed by atoms with Gasteiger partial charge in [0, 0.05) is 0 Å². The molecule has 0 aromatic rings. The molecule has 0 aliphatic carbocycles. The number of rotatable bonds is 8. The number of hydrogen-bond donors (Lipinski definition) is 0. The van der Waals surface area contributed by atoms with Crippen molar-refractivity contribution in [2.24, 2.45) is 0 Å². The average Bonchev–Trinajstić information content (AvgIpc) is 2.03. The van der Waals surface area contributed by atoms with Crippen molar-refractivity contribution in [3.63, 3.8) is 0 Å². The van der Waals surface area contributed by atoms with Crippen molar-refractivity contribution in [1.82, 2.24) is 0 Å². The second-order valence-corrected chi connectivity index (χ2v) is 3.33. The van der Waals surface area contributed by atoms with Crippen LogP contribution in [-0.4, -0.2) is 0 Å². The van der Waals surface area contributed by atoms with Crippen LogP contribution in [0, 0.1) is 6.92 Å². The molecule has 0 aromatic carbocycles. The van der Waals surface area contributed by atoms with Gasteiger partial charge in [0.15, 0.2) is 0 Å². The van der Waals surface area contributed by atoms with Crippen LogP contribution in [0.1, 0.15) is 64.7 Å². The van der Waals surface area contributed by atoms with E-state index in [0.29, 0.717) is 0 Å². The summed E-state index contributed by atoms with van der Waals surface area (Å²) in [6.45, 7) is 6.10. The molecule has 1 heteroatoms. The summed E-state index contributed by atoms with van der Waals surface area (Å²) >= 11 is 0. The van der Waals surface area contributed by atoms with Crippen LogP contribution in [-0.2, 0) is 0 Å². The van der Waals surface area contributed by atoms with E-state index in [0.717, 1.165) is 6.42 Å². The smallest absolute Gasteiger partial charge is 0.343 e. The Morgan fingerprint density at radius 2 is 1.17 bits per heavy atom. The van der Waals surface area contributed by atoms with Gasteiger partial charge in [-0.2, -0.15) is 6.42 Å². The Morgan fingerprint density at radius 3 is 1.58 bits per heavy atom. The quantitative estimate of drug-likeness (QED) is 0.299. The van der Waals surface area contributed by atoms with Gasteiger partial charge in [-0.05, 0) is 0 Å². The topological polar surface area (TPSA) is 0 Å². The van der Waals surface area contributed by atoms with E-state index in [1.807, 2.05) is 0 Å². The van der Waals surface area contributed by atoms with E-state index in [-0.39, 0.29) is 29.6 Å². The van der Waals surface area contributed by atoms with Crippen LogP contribution in [0.3, 0.4) is 0 Å². The Balaban J connectivity index is 0. The van der Waals surface area contributed by atoms with Crippen molar-refractivity contribution in [1.29, 1.82) is 0 Å². The predicted octanol–water partition coefficient (Wildman–Crippen LogP) is 1.36. The van der Waals surface area contributed by atoms with Gasteiger partial charge in [0.1, 0.15) is 0 Å². The van der Waals surface area contributed by atoms with Crippen LogP contribution in [0.5, 0.6) is 0 Å². The van der Waals surface area contributed by atoms with Gasteiger partial charge in [-0.1, -0.05) is 58.3 Å². The molecule has 0 unspecified atom stereocenters. The van der Waals surface area contributed by atoms with E-state index < -0.39 is 0 Å². The largest absolute Gasteiger partial charge is 1.00 e. The summed E-state index contributed by atoms with van der Waals surface area (Å²) in [4.78, 5) is 0. The van der Waals surface area contributed by atoms with Crippen LogP contribution >= 0.6 is 0 Å². The van der Waals surface area contributed by atoms with E-state index in [1.165, 1.54) is 51.4 Å². The van der Waals surface area contributed by atoms with Crippen molar-refractivity contribution in [2.45, 2.75) is 64.7 Å². The number of hydrogen-bond acceptors (Lipinski definition) is 0. The van der Waals surface area contributed by atoms with E-state index in [2.05, 4.69) is 13.8 Å². The fourth-order valence-corrected chi connectivity index (χ4v) is 1.31. The maximum atomic E-state index is 3.83. The van der Waals surface area contributed by atoms with Gasteiger partial charge in [0.2, 0.25) is 0 Å². The second kappa shape index (κ2) is 14.5. The molecule has 12 heavy (non-hydrogen) atoms. The van der Waals surface area contributed by atoms with Crippen LogP contribution in [0.4, 0.5) is 0 Å². The Morgan fingerprint density at radius 1 is 0.750 bits per heavy atom. The summed E-state index contributed by atoms with van der Waals surface area (Å²) in [5, 5.41) is 0. The molecular formula is C11H23Na. The van der Waals surface area contributed by atoms with E-state index in [1.54, 1.807) is 0 Å². The molecule has 0 amide bonds. The molecule has 0 spiro atoms. The zero-order chi connectivity index (χ0) is 8.36. The maximum Gasteiger partial charge on any atom is 1.00 e. The van der Waals surface area contributed by atoms with Gasteiger partial charge in [-0.15, -0.1) is 0 Å². The third kappa shape index (κ3) is 13.6. The molecule has 0 aliphatic heterocycles. The molecular weight excluding hydrogens is 155 g/mol. The molecule has 0 bridgehead atoms. The Hall–Kier alpha value is 1.00. The second-order valence-electron chi connectivity index (χ2n) is 3.33. The summed E-state index contributed by atoms with van der Waals surface area (Å²) in [5.74, 6) is 0. The standard InChI is InChI=1S/C11H23.Na/c1-3-5-7-9-11-10-8-6-4-2;/h1,3-11H2,2H3;/q-1;+1. The summed E-state index contributed by atoms with van der Waals surface area (Å²) in [6.07, 6.45) is 12.4. The predicted molar refractivity (Wildman–Crippen MR) is 52.6 cm³/mol.